The molecular weight excluding hydrogens is 248 g/mol. The van der Waals surface area contributed by atoms with Crippen molar-refractivity contribution in [2.75, 3.05) is 11.9 Å². The number of carbonyl (C=O) groups excluding carboxylic acids is 1. The Morgan fingerprint density at radius 2 is 2.20 bits per heavy atom. The van der Waals surface area contributed by atoms with Crippen LogP contribution in [0.25, 0.3) is 0 Å². The fraction of sp³-hybridized carbons (Fsp3) is 0.588. The summed E-state index contributed by atoms with van der Waals surface area (Å²) in [5, 5.41) is 6.46. The smallest absolute Gasteiger partial charge is 0.227 e. The molecule has 0 bridgehead atoms. The van der Waals surface area contributed by atoms with Crippen LogP contribution in [-0.4, -0.2) is 12.5 Å². The molecule has 0 heterocycles. The summed E-state index contributed by atoms with van der Waals surface area (Å²) < 4.78 is 0. The molecule has 0 aliphatic heterocycles. The van der Waals surface area contributed by atoms with Crippen molar-refractivity contribution in [2.24, 2.45) is 11.8 Å². The minimum Gasteiger partial charge on any atom is -0.326 e. The molecule has 1 aromatic carbocycles. The van der Waals surface area contributed by atoms with Gasteiger partial charge in [-0.3, -0.25) is 4.79 Å². The van der Waals surface area contributed by atoms with Gasteiger partial charge in [-0.05, 0) is 49.4 Å². The van der Waals surface area contributed by atoms with E-state index in [1.54, 1.807) is 0 Å². The highest BCUT2D eigenvalue weighted by Gasteiger charge is 2.29. The molecule has 3 heteroatoms. The Hall–Kier alpha value is -1.35. The Kier molecular flexibility index (Phi) is 5.60. The molecule has 20 heavy (non-hydrogen) atoms. The first-order valence-electron chi connectivity index (χ1n) is 7.81. The zero-order valence-corrected chi connectivity index (χ0v) is 12.6. The number of benzene rings is 1. The van der Waals surface area contributed by atoms with E-state index in [0.717, 1.165) is 31.6 Å². The summed E-state index contributed by atoms with van der Waals surface area (Å²) in [4.78, 5) is 12.3. The van der Waals surface area contributed by atoms with Gasteiger partial charge in [0.1, 0.15) is 0 Å². The third kappa shape index (κ3) is 4.07. The molecule has 1 fully saturated rings. The Bertz CT molecular complexity index is 444. The molecule has 1 saturated carbocycles. The maximum Gasteiger partial charge on any atom is 0.227 e. The van der Waals surface area contributed by atoms with Crippen molar-refractivity contribution < 1.29 is 4.79 Å². The molecule has 2 N–H and O–H groups in total. The highest BCUT2D eigenvalue weighted by Crippen LogP contribution is 2.32. The molecule has 0 radical (unpaired) electrons. The summed E-state index contributed by atoms with van der Waals surface area (Å²) in [6.45, 7) is 6.22. The van der Waals surface area contributed by atoms with E-state index in [1.165, 1.54) is 18.4 Å². The lowest BCUT2D eigenvalue weighted by atomic mass is 9.97. The molecule has 1 aliphatic rings. The predicted octanol–water partition coefficient (Wildman–Crippen LogP) is 3.56. The highest BCUT2D eigenvalue weighted by atomic mass is 16.1. The molecule has 2 unspecified atom stereocenters. The number of hydrogen-bond donors (Lipinski definition) is 2. The van der Waals surface area contributed by atoms with E-state index in [-0.39, 0.29) is 11.8 Å². The van der Waals surface area contributed by atoms with Gasteiger partial charge in [-0.1, -0.05) is 32.4 Å². The maximum atomic E-state index is 12.3. The second kappa shape index (κ2) is 7.44. The van der Waals surface area contributed by atoms with Gasteiger partial charge in [0.2, 0.25) is 5.91 Å². The highest BCUT2D eigenvalue weighted by molar-refractivity contribution is 5.92. The molecule has 2 atom stereocenters. The second-order valence-electron chi connectivity index (χ2n) is 5.88. The van der Waals surface area contributed by atoms with Crippen LogP contribution in [0.5, 0.6) is 0 Å². The molecule has 1 aliphatic carbocycles. The summed E-state index contributed by atoms with van der Waals surface area (Å²) in [6, 6.07) is 8.15. The van der Waals surface area contributed by atoms with E-state index in [9.17, 15) is 4.79 Å². The van der Waals surface area contributed by atoms with E-state index >= 15 is 0 Å². The number of nitrogens with one attached hydrogen (secondary N) is 2. The van der Waals surface area contributed by atoms with Crippen LogP contribution in [0.1, 0.15) is 45.1 Å². The number of carbonyl (C=O) groups is 1. The molecular formula is C17H26N2O. The third-order valence-electron chi connectivity index (χ3n) is 4.15. The van der Waals surface area contributed by atoms with Gasteiger partial charge in [-0.15, -0.1) is 0 Å². The van der Waals surface area contributed by atoms with Gasteiger partial charge in [0.05, 0.1) is 0 Å². The average Bonchev–Trinajstić information content (AvgIpc) is 2.86. The number of anilines is 1. The molecule has 1 amide bonds. The largest absolute Gasteiger partial charge is 0.326 e. The summed E-state index contributed by atoms with van der Waals surface area (Å²) in [5.74, 6) is 0.898. The van der Waals surface area contributed by atoms with Crippen molar-refractivity contribution in [3.8, 4) is 0 Å². The number of rotatable bonds is 6. The van der Waals surface area contributed by atoms with Gasteiger partial charge in [0, 0.05) is 18.2 Å². The molecule has 0 aromatic heterocycles. The van der Waals surface area contributed by atoms with Crippen LogP contribution in [-0.2, 0) is 11.3 Å². The predicted molar refractivity (Wildman–Crippen MR) is 83.6 cm³/mol. The Morgan fingerprint density at radius 3 is 2.90 bits per heavy atom. The first kappa shape index (κ1) is 15.0. The van der Waals surface area contributed by atoms with Crippen LogP contribution < -0.4 is 10.6 Å². The minimum absolute atomic E-state index is 0.189. The standard InChI is InChI=1S/C17H26N2O/c1-3-10-18-12-14-7-5-8-15(11-14)19-17(20)16-9-4-6-13(16)2/h5,7-8,11,13,16,18H,3-4,6,9-10,12H2,1-2H3,(H,19,20). The van der Waals surface area contributed by atoms with E-state index < -0.39 is 0 Å². The minimum atomic E-state index is 0.189. The van der Waals surface area contributed by atoms with Crippen molar-refractivity contribution in [2.45, 2.75) is 46.1 Å². The fourth-order valence-corrected chi connectivity index (χ4v) is 2.94. The topological polar surface area (TPSA) is 41.1 Å². The molecule has 2 rings (SSSR count). The lowest BCUT2D eigenvalue weighted by molar-refractivity contribution is -0.120. The molecule has 0 saturated heterocycles. The van der Waals surface area contributed by atoms with E-state index in [1.807, 2.05) is 12.1 Å². The SMILES string of the molecule is CCCNCc1cccc(NC(=O)C2CCCC2C)c1. The van der Waals surface area contributed by atoms with Gasteiger partial charge in [0.15, 0.2) is 0 Å². The Morgan fingerprint density at radius 1 is 1.35 bits per heavy atom. The third-order valence-corrected chi connectivity index (χ3v) is 4.15. The van der Waals surface area contributed by atoms with Gasteiger partial charge < -0.3 is 10.6 Å². The van der Waals surface area contributed by atoms with Crippen molar-refractivity contribution >= 4 is 11.6 Å². The Labute approximate surface area is 122 Å². The normalized spacial score (nSPS) is 21.9. The first-order valence-corrected chi connectivity index (χ1v) is 7.81. The van der Waals surface area contributed by atoms with Crippen molar-refractivity contribution in [1.82, 2.24) is 5.32 Å². The number of amides is 1. The summed E-state index contributed by atoms with van der Waals surface area (Å²) >= 11 is 0. The van der Waals surface area contributed by atoms with Crippen LogP contribution in [0.3, 0.4) is 0 Å². The van der Waals surface area contributed by atoms with Gasteiger partial charge in [0.25, 0.3) is 0 Å². The van der Waals surface area contributed by atoms with Crippen molar-refractivity contribution in [3.63, 3.8) is 0 Å². The molecule has 110 valence electrons. The number of hydrogen-bond acceptors (Lipinski definition) is 2. The quantitative estimate of drug-likeness (QED) is 0.779. The monoisotopic (exact) mass is 274 g/mol. The van der Waals surface area contributed by atoms with Crippen LogP contribution in [0.2, 0.25) is 0 Å². The van der Waals surface area contributed by atoms with Gasteiger partial charge in [-0.25, -0.2) is 0 Å². The summed E-state index contributed by atoms with van der Waals surface area (Å²) in [5.41, 5.74) is 2.14. The van der Waals surface area contributed by atoms with Gasteiger partial charge in [-0.2, -0.15) is 0 Å². The molecule has 1 aromatic rings. The van der Waals surface area contributed by atoms with E-state index in [2.05, 4.69) is 36.6 Å². The maximum absolute atomic E-state index is 12.3. The van der Waals surface area contributed by atoms with Crippen LogP contribution in [0.15, 0.2) is 24.3 Å². The zero-order valence-electron chi connectivity index (χ0n) is 12.6. The van der Waals surface area contributed by atoms with Crippen molar-refractivity contribution in [3.05, 3.63) is 29.8 Å². The van der Waals surface area contributed by atoms with Gasteiger partial charge >= 0.3 is 0 Å². The first-order chi connectivity index (χ1) is 9.70. The van der Waals surface area contributed by atoms with Crippen molar-refractivity contribution in [1.29, 1.82) is 0 Å². The van der Waals surface area contributed by atoms with Crippen LogP contribution >= 0.6 is 0 Å². The Balaban J connectivity index is 1.91. The zero-order chi connectivity index (χ0) is 14.4. The van der Waals surface area contributed by atoms with E-state index in [0.29, 0.717) is 5.92 Å². The average molecular weight is 274 g/mol. The lowest BCUT2D eigenvalue weighted by Crippen LogP contribution is -2.24. The molecule has 3 nitrogen and oxygen atoms in total. The van der Waals surface area contributed by atoms with Crippen LogP contribution in [0, 0.1) is 11.8 Å². The van der Waals surface area contributed by atoms with E-state index in [4.69, 9.17) is 0 Å². The molecule has 0 spiro atoms. The lowest BCUT2D eigenvalue weighted by Gasteiger charge is -2.15. The van der Waals surface area contributed by atoms with Crippen LogP contribution in [0.4, 0.5) is 5.69 Å². The second-order valence-corrected chi connectivity index (χ2v) is 5.88. The fourth-order valence-electron chi connectivity index (χ4n) is 2.94. The summed E-state index contributed by atoms with van der Waals surface area (Å²) in [7, 11) is 0. The summed E-state index contributed by atoms with van der Waals surface area (Å²) in [6.07, 6.45) is 4.53.